The van der Waals surface area contributed by atoms with Crippen molar-refractivity contribution >= 4 is 40.0 Å². The number of aromatic nitrogens is 1. The molecule has 0 spiro atoms. The van der Waals surface area contributed by atoms with Crippen LogP contribution in [-0.2, 0) is 5.54 Å². The van der Waals surface area contributed by atoms with Crippen LogP contribution < -0.4 is 5.73 Å². The Kier molecular flexibility index (Phi) is 5.16. The van der Waals surface area contributed by atoms with Gasteiger partial charge in [0.2, 0.25) is 5.96 Å². The summed E-state index contributed by atoms with van der Waals surface area (Å²) in [5, 5.41) is 8.85. The van der Waals surface area contributed by atoms with E-state index in [4.69, 9.17) is 11.0 Å². The van der Waals surface area contributed by atoms with E-state index >= 15 is 0 Å². The molecule has 2 heterocycles. The quantitative estimate of drug-likeness (QED) is 0.689. The van der Waals surface area contributed by atoms with E-state index in [0.717, 1.165) is 27.8 Å². The third kappa shape index (κ3) is 3.72. The van der Waals surface area contributed by atoms with Crippen LogP contribution in [0, 0.1) is 17.1 Å². The van der Waals surface area contributed by atoms with Crippen molar-refractivity contribution in [1.29, 1.82) is 5.26 Å². The first-order valence-electron chi connectivity index (χ1n) is 7.94. The second-order valence-corrected chi connectivity index (χ2v) is 9.52. The summed E-state index contributed by atoms with van der Waals surface area (Å²) in [6.07, 6.45) is 2.43. The van der Waals surface area contributed by atoms with Crippen LogP contribution in [0.25, 0.3) is 11.9 Å². The number of nitrogens with zero attached hydrogens (tertiary/aromatic N) is 4. The lowest BCUT2D eigenvalue weighted by molar-refractivity contribution is 0.391. The molecule has 1 aliphatic heterocycles. The number of hydrogen-bond donors (Lipinski definition) is 3. The van der Waals surface area contributed by atoms with Gasteiger partial charge in [-0.2, -0.15) is 5.26 Å². The summed E-state index contributed by atoms with van der Waals surface area (Å²) >= 11 is 0.899. The summed E-state index contributed by atoms with van der Waals surface area (Å²) in [4.78, 5) is 8.34. The molecule has 0 unspecified atom stereocenters. The molecule has 2 aromatic rings. The Morgan fingerprint density at radius 2 is 2.21 bits per heavy atom. The standard InChI is InChI=1S/C17H17F2N5O2S2/c1-17(9-28(25,26)24(2)16(21)23-17)12-5-10(3-4-13(12)18)6-14(19)15-22-8-11(7-20)27-15/h3-6,8,25-26H,9H2,1-2H3,(H2,21,23)/b14-6-/t17-/m0/s1. The molecular formula is C17H17F2N5O2S2. The number of halogens is 2. The Balaban J connectivity index is 2.03. The molecule has 0 aliphatic carbocycles. The van der Waals surface area contributed by atoms with Gasteiger partial charge in [-0.3, -0.25) is 9.11 Å². The van der Waals surface area contributed by atoms with Gasteiger partial charge in [-0.25, -0.2) is 23.1 Å². The van der Waals surface area contributed by atoms with Crippen LogP contribution >= 0.6 is 22.1 Å². The molecule has 0 amide bonds. The summed E-state index contributed by atoms with van der Waals surface area (Å²) in [5.41, 5.74) is 4.82. The number of nitriles is 1. The molecule has 3 rings (SSSR count). The van der Waals surface area contributed by atoms with Gasteiger partial charge in [0.25, 0.3) is 0 Å². The van der Waals surface area contributed by atoms with E-state index in [1.54, 1.807) is 0 Å². The Bertz CT molecular complexity index is 1030. The van der Waals surface area contributed by atoms with Crippen LogP contribution in [0.2, 0.25) is 0 Å². The van der Waals surface area contributed by atoms with Crippen LogP contribution in [0.4, 0.5) is 8.78 Å². The third-order valence-electron chi connectivity index (χ3n) is 4.28. The zero-order chi connectivity index (χ0) is 20.7. The molecular weight excluding hydrogens is 408 g/mol. The molecule has 1 atom stereocenters. The van der Waals surface area contributed by atoms with E-state index in [1.807, 2.05) is 6.07 Å². The Morgan fingerprint density at radius 1 is 1.50 bits per heavy atom. The highest BCUT2D eigenvalue weighted by Gasteiger charge is 2.41. The van der Waals surface area contributed by atoms with E-state index < -0.39 is 28.0 Å². The summed E-state index contributed by atoms with van der Waals surface area (Å²) in [6.45, 7) is 1.53. The average Bonchev–Trinajstić information content (AvgIpc) is 3.10. The van der Waals surface area contributed by atoms with E-state index in [0.29, 0.717) is 5.56 Å². The average molecular weight is 425 g/mol. The van der Waals surface area contributed by atoms with Crippen molar-refractivity contribution in [2.24, 2.45) is 10.7 Å². The molecule has 1 aromatic carbocycles. The van der Waals surface area contributed by atoms with E-state index in [2.05, 4.69) is 9.98 Å². The highest BCUT2D eigenvalue weighted by atomic mass is 32.3. The number of thiazole rings is 1. The van der Waals surface area contributed by atoms with Crippen LogP contribution in [0.1, 0.15) is 27.9 Å². The maximum atomic E-state index is 14.5. The number of aliphatic imine (C=N–C) groups is 1. The van der Waals surface area contributed by atoms with Gasteiger partial charge in [0, 0.05) is 12.6 Å². The fourth-order valence-electron chi connectivity index (χ4n) is 2.81. The number of guanidine groups is 1. The van der Waals surface area contributed by atoms with E-state index in [-0.39, 0.29) is 27.2 Å². The second-order valence-electron chi connectivity index (χ2n) is 6.39. The fraction of sp³-hybridized carbons (Fsp3) is 0.235. The topological polar surface area (TPSA) is 119 Å². The summed E-state index contributed by atoms with van der Waals surface area (Å²) in [6, 6.07) is 5.79. The number of benzene rings is 1. The zero-order valence-electron chi connectivity index (χ0n) is 14.9. The van der Waals surface area contributed by atoms with Crippen molar-refractivity contribution in [3.63, 3.8) is 0 Å². The van der Waals surface area contributed by atoms with Gasteiger partial charge in [0.05, 0.1) is 11.9 Å². The minimum atomic E-state index is -3.28. The van der Waals surface area contributed by atoms with Crippen molar-refractivity contribution in [3.8, 4) is 6.07 Å². The molecule has 4 N–H and O–H groups in total. The van der Waals surface area contributed by atoms with Crippen molar-refractivity contribution in [3.05, 3.63) is 51.2 Å². The summed E-state index contributed by atoms with van der Waals surface area (Å²) < 4.78 is 50.6. The summed E-state index contributed by atoms with van der Waals surface area (Å²) in [7, 11) is -1.89. The van der Waals surface area contributed by atoms with Crippen molar-refractivity contribution in [1.82, 2.24) is 9.29 Å². The van der Waals surface area contributed by atoms with Crippen molar-refractivity contribution in [2.45, 2.75) is 12.5 Å². The fourth-order valence-corrected chi connectivity index (χ4v) is 4.94. The lowest BCUT2D eigenvalue weighted by Crippen LogP contribution is -2.47. The van der Waals surface area contributed by atoms with Crippen molar-refractivity contribution in [2.75, 3.05) is 12.8 Å². The highest BCUT2D eigenvalue weighted by Crippen LogP contribution is 2.51. The highest BCUT2D eigenvalue weighted by molar-refractivity contribution is 8.22. The predicted molar refractivity (Wildman–Crippen MR) is 107 cm³/mol. The molecule has 1 aromatic heterocycles. The number of hydrogen-bond acceptors (Lipinski definition) is 8. The molecule has 0 fully saturated rings. The lowest BCUT2D eigenvalue weighted by Gasteiger charge is -2.49. The maximum Gasteiger partial charge on any atom is 0.210 e. The van der Waals surface area contributed by atoms with Gasteiger partial charge in [-0.15, -0.1) is 22.1 Å². The van der Waals surface area contributed by atoms with Gasteiger partial charge in [0.15, 0.2) is 10.8 Å². The summed E-state index contributed by atoms with van der Waals surface area (Å²) in [5.74, 6) is -1.70. The minimum absolute atomic E-state index is 0.0318. The van der Waals surface area contributed by atoms with Gasteiger partial charge in [-0.05, 0) is 30.7 Å². The SMILES string of the molecule is CN1C(N)=N[C@](C)(c2cc(/C=C(\F)c3ncc(C#N)s3)ccc2F)CS1(O)O. The van der Waals surface area contributed by atoms with Crippen LogP contribution in [0.5, 0.6) is 0 Å². The minimum Gasteiger partial charge on any atom is -0.369 e. The predicted octanol–water partition coefficient (Wildman–Crippen LogP) is 3.76. The Morgan fingerprint density at radius 3 is 2.82 bits per heavy atom. The zero-order valence-corrected chi connectivity index (χ0v) is 16.6. The smallest absolute Gasteiger partial charge is 0.210 e. The molecule has 0 saturated heterocycles. The first kappa shape index (κ1) is 20.2. The van der Waals surface area contributed by atoms with Crippen LogP contribution in [0.3, 0.4) is 0 Å². The second kappa shape index (κ2) is 7.14. The van der Waals surface area contributed by atoms with Crippen molar-refractivity contribution < 1.29 is 17.9 Å². The largest absolute Gasteiger partial charge is 0.369 e. The monoisotopic (exact) mass is 425 g/mol. The van der Waals surface area contributed by atoms with Gasteiger partial charge in [0.1, 0.15) is 22.3 Å². The molecule has 0 bridgehead atoms. The molecule has 11 heteroatoms. The molecule has 1 aliphatic rings. The first-order chi connectivity index (χ1) is 13.1. The maximum absolute atomic E-state index is 14.5. The van der Waals surface area contributed by atoms with Crippen LogP contribution in [0.15, 0.2) is 29.4 Å². The van der Waals surface area contributed by atoms with Gasteiger partial charge < -0.3 is 5.73 Å². The molecule has 0 radical (unpaired) electrons. The molecule has 148 valence electrons. The Hall–Kier alpha value is -2.52. The third-order valence-corrected chi connectivity index (χ3v) is 7.21. The molecule has 7 nitrogen and oxygen atoms in total. The molecule has 0 saturated carbocycles. The van der Waals surface area contributed by atoms with Gasteiger partial charge >= 0.3 is 0 Å². The lowest BCUT2D eigenvalue weighted by atomic mass is 9.92. The Labute approximate surface area is 165 Å². The molecule has 28 heavy (non-hydrogen) atoms. The first-order valence-corrected chi connectivity index (χ1v) is 10.4. The normalized spacial score (nSPS) is 23.1. The number of rotatable bonds is 3. The van der Waals surface area contributed by atoms with E-state index in [1.165, 1.54) is 32.3 Å². The van der Waals surface area contributed by atoms with E-state index in [9.17, 15) is 17.9 Å². The number of nitrogens with two attached hydrogens (primary N) is 1. The van der Waals surface area contributed by atoms with Gasteiger partial charge in [-0.1, -0.05) is 6.07 Å². The van der Waals surface area contributed by atoms with Crippen LogP contribution in [-0.4, -0.2) is 37.2 Å².